The van der Waals surface area contributed by atoms with Gasteiger partial charge in [-0.3, -0.25) is 0 Å². The van der Waals surface area contributed by atoms with E-state index in [1.165, 1.54) is 22.3 Å². The van der Waals surface area contributed by atoms with Crippen LogP contribution >= 0.6 is 0 Å². The first-order valence-electron chi connectivity index (χ1n) is 8.43. The van der Waals surface area contributed by atoms with Gasteiger partial charge in [-0.15, -0.1) is 0 Å². The first-order chi connectivity index (χ1) is 12.9. The molecule has 4 rings (SSSR count). The van der Waals surface area contributed by atoms with E-state index in [1.54, 1.807) is 0 Å². The van der Waals surface area contributed by atoms with E-state index in [1.807, 2.05) is 31.1 Å². The maximum absolute atomic E-state index is 8.00. The highest BCUT2D eigenvalue weighted by Gasteiger charge is 1.92. The normalized spacial score (nSPS) is 9.08. The molecule has 26 heavy (non-hydrogen) atoms. The first kappa shape index (κ1) is 18.9. The Morgan fingerprint density at radius 3 is 0.615 bits per heavy atom. The molecular weight excluding hydrogens is 316 g/mol. The molecule has 0 atom stereocenters. The van der Waals surface area contributed by atoms with Crippen LogP contribution in [-0.4, -0.2) is 6.79 Å². The van der Waals surface area contributed by atoms with Crippen LogP contribution < -0.4 is 0 Å². The Balaban J connectivity index is 0.000000171. The third-order valence-corrected chi connectivity index (χ3v) is 3.76. The molecule has 0 saturated carbocycles. The maximum Gasteiger partial charge on any atom is 0.106 e. The molecule has 0 aromatic heterocycles. The predicted molar refractivity (Wildman–Crippen MR) is 111 cm³/mol. The molecule has 0 saturated heterocycles. The summed E-state index contributed by atoms with van der Waals surface area (Å²) in [4.78, 5) is 8.00. The molecule has 0 amide bonds. The van der Waals surface area contributed by atoms with Gasteiger partial charge in [-0.25, -0.2) is 0 Å². The summed E-state index contributed by atoms with van der Waals surface area (Å²) in [7, 11) is 0. The standard InChI is InChI=1S/2C12H10.CH2O/c2*1-3-7-11(8-4-1)12-9-5-2-6-10-12;1-2/h2*1-10H;1H2. The van der Waals surface area contributed by atoms with Gasteiger partial charge in [0.1, 0.15) is 6.79 Å². The van der Waals surface area contributed by atoms with Gasteiger partial charge in [0.25, 0.3) is 0 Å². The summed E-state index contributed by atoms with van der Waals surface area (Å²) in [5.74, 6) is 0. The largest absolute Gasteiger partial charge is 0.307 e. The average molecular weight is 338 g/mol. The molecule has 0 spiro atoms. The first-order valence-corrected chi connectivity index (χ1v) is 8.43. The quantitative estimate of drug-likeness (QED) is 0.406. The van der Waals surface area contributed by atoms with Crippen LogP contribution in [-0.2, 0) is 4.79 Å². The minimum Gasteiger partial charge on any atom is -0.307 e. The van der Waals surface area contributed by atoms with Crippen LogP contribution in [0.3, 0.4) is 0 Å². The van der Waals surface area contributed by atoms with E-state index in [0.717, 1.165) is 0 Å². The van der Waals surface area contributed by atoms with Crippen LogP contribution in [0, 0.1) is 0 Å². The lowest BCUT2D eigenvalue weighted by molar-refractivity contribution is -0.0979. The van der Waals surface area contributed by atoms with E-state index in [4.69, 9.17) is 4.79 Å². The highest BCUT2D eigenvalue weighted by atomic mass is 16.1. The SMILES string of the molecule is C=O.c1ccc(-c2ccccc2)cc1.c1ccc(-c2ccccc2)cc1. The maximum atomic E-state index is 8.00. The fraction of sp³-hybridized carbons (Fsp3) is 0. The number of rotatable bonds is 2. The molecule has 0 aliphatic rings. The monoisotopic (exact) mass is 338 g/mol. The zero-order valence-corrected chi connectivity index (χ0v) is 14.7. The molecule has 1 nitrogen and oxygen atoms in total. The van der Waals surface area contributed by atoms with Crippen molar-refractivity contribution in [2.45, 2.75) is 0 Å². The van der Waals surface area contributed by atoms with E-state index < -0.39 is 0 Å². The van der Waals surface area contributed by atoms with Gasteiger partial charge >= 0.3 is 0 Å². The van der Waals surface area contributed by atoms with Crippen molar-refractivity contribution in [3.05, 3.63) is 121 Å². The second-order valence-corrected chi connectivity index (χ2v) is 5.46. The summed E-state index contributed by atoms with van der Waals surface area (Å²) in [5, 5.41) is 0. The van der Waals surface area contributed by atoms with Gasteiger partial charge in [0.05, 0.1) is 0 Å². The lowest BCUT2D eigenvalue weighted by atomic mass is 10.1. The molecule has 0 radical (unpaired) electrons. The molecular formula is C25H22O. The topological polar surface area (TPSA) is 17.1 Å². The van der Waals surface area contributed by atoms with Crippen molar-refractivity contribution in [2.75, 3.05) is 0 Å². The molecule has 4 aromatic carbocycles. The second kappa shape index (κ2) is 11.2. The predicted octanol–water partition coefficient (Wildman–Crippen LogP) is 6.52. The Morgan fingerprint density at radius 2 is 0.462 bits per heavy atom. The molecule has 0 unspecified atom stereocenters. The fourth-order valence-corrected chi connectivity index (χ4v) is 2.52. The van der Waals surface area contributed by atoms with Crippen molar-refractivity contribution in [1.82, 2.24) is 0 Å². The van der Waals surface area contributed by atoms with Crippen LogP contribution in [0.2, 0.25) is 0 Å². The zero-order chi connectivity index (χ0) is 18.5. The van der Waals surface area contributed by atoms with Crippen molar-refractivity contribution in [3.63, 3.8) is 0 Å². The summed E-state index contributed by atoms with van der Waals surface area (Å²) in [6.07, 6.45) is 0. The van der Waals surface area contributed by atoms with Gasteiger partial charge in [0.2, 0.25) is 0 Å². The molecule has 0 heterocycles. The molecule has 0 aliphatic carbocycles. The molecule has 1 heteroatoms. The highest BCUT2D eigenvalue weighted by Crippen LogP contribution is 2.18. The van der Waals surface area contributed by atoms with Crippen molar-refractivity contribution >= 4 is 6.79 Å². The second-order valence-electron chi connectivity index (χ2n) is 5.46. The molecule has 4 aromatic rings. The summed E-state index contributed by atoms with van der Waals surface area (Å²) in [6, 6.07) is 41.6. The van der Waals surface area contributed by atoms with Gasteiger partial charge in [-0.05, 0) is 22.3 Å². The van der Waals surface area contributed by atoms with Gasteiger partial charge in [-0.2, -0.15) is 0 Å². The van der Waals surface area contributed by atoms with Gasteiger partial charge in [0.15, 0.2) is 0 Å². The third kappa shape index (κ3) is 5.88. The van der Waals surface area contributed by atoms with Crippen LogP contribution in [0.25, 0.3) is 22.3 Å². The van der Waals surface area contributed by atoms with Crippen LogP contribution in [0.5, 0.6) is 0 Å². The van der Waals surface area contributed by atoms with Gasteiger partial charge in [0, 0.05) is 0 Å². The molecule has 0 bridgehead atoms. The summed E-state index contributed by atoms with van der Waals surface area (Å²) >= 11 is 0. The van der Waals surface area contributed by atoms with E-state index in [0.29, 0.717) is 0 Å². The summed E-state index contributed by atoms with van der Waals surface area (Å²) in [5.41, 5.74) is 5.10. The minimum absolute atomic E-state index is 1.28. The smallest absolute Gasteiger partial charge is 0.106 e. The Labute approximate surface area is 155 Å². The van der Waals surface area contributed by atoms with E-state index >= 15 is 0 Å². The van der Waals surface area contributed by atoms with Crippen LogP contribution in [0.15, 0.2) is 121 Å². The van der Waals surface area contributed by atoms with Crippen molar-refractivity contribution < 1.29 is 4.79 Å². The number of hydrogen-bond acceptors (Lipinski definition) is 1. The van der Waals surface area contributed by atoms with Crippen LogP contribution in [0.4, 0.5) is 0 Å². The van der Waals surface area contributed by atoms with Gasteiger partial charge < -0.3 is 4.79 Å². The lowest BCUT2D eigenvalue weighted by Crippen LogP contribution is -1.73. The Kier molecular flexibility index (Phi) is 8.11. The van der Waals surface area contributed by atoms with Crippen molar-refractivity contribution in [1.29, 1.82) is 0 Å². The molecule has 0 N–H and O–H groups in total. The number of benzene rings is 4. The third-order valence-electron chi connectivity index (χ3n) is 3.76. The Bertz CT molecular complexity index is 691. The lowest BCUT2D eigenvalue weighted by Gasteiger charge is -1.98. The van der Waals surface area contributed by atoms with E-state index in [9.17, 15) is 0 Å². The summed E-state index contributed by atoms with van der Waals surface area (Å²) < 4.78 is 0. The number of carbonyl (C=O) groups is 1. The Morgan fingerprint density at radius 1 is 0.308 bits per heavy atom. The fourth-order valence-electron chi connectivity index (χ4n) is 2.52. The minimum atomic E-state index is 1.28. The summed E-state index contributed by atoms with van der Waals surface area (Å²) in [6.45, 7) is 2.00. The molecule has 128 valence electrons. The van der Waals surface area contributed by atoms with Crippen molar-refractivity contribution in [2.24, 2.45) is 0 Å². The van der Waals surface area contributed by atoms with Crippen molar-refractivity contribution in [3.8, 4) is 22.3 Å². The zero-order valence-electron chi connectivity index (χ0n) is 14.7. The highest BCUT2D eigenvalue weighted by molar-refractivity contribution is 5.63. The van der Waals surface area contributed by atoms with Crippen LogP contribution in [0.1, 0.15) is 0 Å². The van der Waals surface area contributed by atoms with E-state index in [-0.39, 0.29) is 0 Å². The molecule has 0 aliphatic heterocycles. The average Bonchev–Trinajstić information content (AvgIpc) is 2.78. The number of carbonyl (C=O) groups excluding carboxylic acids is 1. The molecule has 0 fully saturated rings. The Hall–Kier alpha value is -3.45. The van der Waals surface area contributed by atoms with E-state index in [2.05, 4.69) is 97.1 Å². The van der Waals surface area contributed by atoms with Gasteiger partial charge in [-0.1, -0.05) is 121 Å². The number of hydrogen-bond donors (Lipinski definition) is 0.